The zero-order chi connectivity index (χ0) is 23.1. The summed E-state index contributed by atoms with van der Waals surface area (Å²) in [4.78, 5) is 30.6. The second-order valence-electron chi connectivity index (χ2n) is 7.32. The number of ether oxygens (including phenoxy) is 2. The molecule has 32 heavy (non-hydrogen) atoms. The molecule has 0 aliphatic carbocycles. The van der Waals surface area contributed by atoms with Crippen molar-refractivity contribution in [2.75, 3.05) is 51.3 Å². The largest absolute Gasteiger partial charge is 0.495 e. The molecule has 2 aliphatic rings. The predicted octanol–water partition coefficient (Wildman–Crippen LogP) is 4.22. The van der Waals surface area contributed by atoms with Crippen molar-refractivity contribution in [3.63, 3.8) is 0 Å². The number of carbonyl (C=O) groups excluding carboxylic acids is 2. The molecule has 2 aromatic rings. The maximum atomic E-state index is 12.9. The highest BCUT2D eigenvalue weighted by molar-refractivity contribution is 6.32. The molecule has 2 amide bonds. The summed E-state index contributed by atoms with van der Waals surface area (Å²) in [6.07, 6.45) is -0.441. The summed E-state index contributed by atoms with van der Waals surface area (Å²) in [6.45, 7) is 6.85. The van der Waals surface area contributed by atoms with Gasteiger partial charge in [0.1, 0.15) is 18.9 Å². The number of hydrogen-bond acceptors (Lipinski definition) is 5. The normalized spacial score (nSPS) is 18.1. The highest BCUT2D eigenvalue weighted by Gasteiger charge is 2.36. The van der Waals surface area contributed by atoms with E-state index in [4.69, 9.17) is 21.1 Å². The molecule has 2 aromatic carbocycles. The molecule has 8 heteroatoms. The van der Waals surface area contributed by atoms with Gasteiger partial charge in [-0.3, -0.25) is 9.69 Å². The molecule has 2 fully saturated rings. The van der Waals surface area contributed by atoms with Crippen LogP contribution in [0.4, 0.5) is 10.5 Å². The molecule has 0 spiro atoms. The molecule has 172 valence electrons. The lowest BCUT2D eigenvalue weighted by atomic mass is 10.1. The van der Waals surface area contributed by atoms with Gasteiger partial charge < -0.3 is 19.3 Å². The van der Waals surface area contributed by atoms with Crippen molar-refractivity contribution in [3.05, 3.63) is 59.1 Å². The summed E-state index contributed by atoms with van der Waals surface area (Å²) < 4.78 is 10.5. The van der Waals surface area contributed by atoms with Crippen LogP contribution in [-0.2, 0) is 9.53 Å². The third-order valence-electron chi connectivity index (χ3n) is 5.60. The lowest BCUT2D eigenvalue weighted by Crippen LogP contribution is -2.51. The Labute approximate surface area is 194 Å². The van der Waals surface area contributed by atoms with Gasteiger partial charge in [-0.15, -0.1) is 0 Å². The van der Waals surface area contributed by atoms with Gasteiger partial charge in [-0.05, 0) is 17.7 Å². The number of benzene rings is 2. The first kappa shape index (κ1) is 23.7. The average Bonchev–Trinajstić information content (AvgIpc) is 3.21. The fourth-order valence-corrected chi connectivity index (χ4v) is 4.08. The van der Waals surface area contributed by atoms with E-state index in [-0.39, 0.29) is 25.1 Å². The quantitative estimate of drug-likeness (QED) is 0.670. The van der Waals surface area contributed by atoms with Crippen molar-refractivity contribution >= 4 is 29.3 Å². The number of methoxy groups -OCH3 is 1. The number of rotatable bonds is 5. The fourth-order valence-electron chi connectivity index (χ4n) is 3.88. The Morgan fingerprint density at radius 3 is 2.44 bits per heavy atom. The SMILES string of the molecule is CC.COc1cc(N2CCN(C(=O)CN3C(=O)OCC3c3ccccc3)CC2)ccc1Cl. The zero-order valence-electron chi connectivity index (χ0n) is 18.8. The molecule has 2 heterocycles. The van der Waals surface area contributed by atoms with E-state index in [2.05, 4.69) is 4.90 Å². The van der Waals surface area contributed by atoms with Crippen molar-refractivity contribution in [1.29, 1.82) is 0 Å². The van der Waals surface area contributed by atoms with Crippen molar-refractivity contribution in [2.45, 2.75) is 19.9 Å². The summed E-state index contributed by atoms with van der Waals surface area (Å²) in [5, 5.41) is 0.570. The molecule has 2 aliphatic heterocycles. The van der Waals surface area contributed by atoms with Gasteiger partial charge in [0, 0.05) is 37.9 Å². The molecule has 0 saturated carbocycles. The van der Waals surface area contributed by atoms with E-state index in [1.807, 2.05) is 62.4 Å². The summed E-state index contributed by atoms with van der Waals surface area (Å²) >= 11 is 6.11. The smallest absolute Gasteiger partial charge is 0.410 e. The number of cyclic esters (lactones) is 1. The van der Waals surface area contributed by atoms with Gasteiger partial charge in [0.2, 0.25) is 5.91 Å². The molecule has 2 saturated heterocycles. The van der Waals surface area contributed by atoms with Gasteiger partial charge in [0.05, 0.1) is 18.2 Å². The first-order valence-corrected chi connectivity index (χ1v) is 11.3. The van der Waals surface area contributed by atoms with E-state index >= 15 is 0 Å². The second-order valence-corrected chi connectivity index (χ2v) is 7.73. The predicted molar refractivity (Wildman–Crippen MR) is 125 cm³/mol. The minimum absolute atomic E-state index is 0.0210. The Morgan fingerprint density at radius 2 is 1.78 bits per heavy atom. The van der Waals surface area contributed by atoms with Crippen LogP contribution < -0.4 is 9.64 Å². The van der Waals surface area contributed by atoms with Crippen molar-refractivity contribution in [1.82, 2.24) is 9.80 Å². The lowest BCUT2D eigenvalue weighted by Gasteiger charge is -2.37. The van der Waals surface area contributed by atoms with Crippen LogP contribution >= 0.6 is 11.6 Å². The van der Waals surface area contributed by atoms with Gasteiger partial charge in [-0.1, -0.05) is 55.8 Å². The first-order valence-electron chi connectivity index (χ1n) is 10.9. The standard InChI is InChI=1S/C22H24ClN3O4.C2H6/c1-29-20-13-17(7-8-18(20)23)24-9-11-25(12-10-24)21(27)14-26-19(15-30-22(26)28)16-5-3-2-4-6-16;1-2/h2-8,13,19H,9-12,14-15H2,1H3;1-2H3. The highest BCUT2D eigenvalue weighted by atomic mass is 35.5. The van der Waals surface area contributed by atoms with Crippen molar-refractivity contribution in [3.8, 4) is 5.75 Å². The third kappa shape index (κ3) is 5.27. The number of piperazine rings is 1. The summed E-state index contributed by atoms with van der Waals surface area (Å²) in [6, 6.07) is 15.1. The van der Waals surface area contributed by atoms with Crippen LogP contribution in [0.3, 0.4) is 0 Å². The summed E-state index contributed by atoms with van der Waals surface area (Å²) in [7, 11) is 1.59. The number of nitrogens with zero attached hydrogens (tertiary/aromatic N) is 3. The maximum Gasteiger partial charge on any atom is 0.410 e. The molecule has 0 radical (unpaired) electrons. The molecule has 4 rings (SSSR count). The van der Waals surface area contributed by atoms with Crippen LogP contribution in [0.5, 0.6) is 5.75 Å². The molecular weight excluding hydrogens is 430 g/mol. The van der Waals surface area contributed by atoms with E-state index in [9.17, 15) is 9.59 Å². The van der Waals surface area contributed by atoms with Gasteiger partial charge in [-0.2, -0.15) is 0 Å². The minimum Gasteiger partial charge on any atom is -0.495 e. The van der Waals surface area contributed by atoms with Gasteiger partial charge >= 0.3 is 6.09 Å². The fraction of sp³-hybridized carbons (Fsp3) is 0.417. The van der Waals surface area contributed by atoms with Crippen LogP contribution in [-0.4, -0.2) is 68.2 Å². The molecular formula is C24H30ClN3O4. The average molecular weight is 460 g/mol. The summed E-state index contributed by atoms with van der Waals surface area (Å²) in [5.74, 6) is 0.565. The third-order valence-corrected chi connectivity index (χ3v) is 5.91. The Hall–Kier alpha value is -2.93. The Bertz CT molecular complexity index is 917. The van der Waals surface area contributed by atoms with E-state index in [1.54, 1.807) is 12.0 Å². The van der Waals surface area contributed by atoms with E-state index in [0.717, 1.165) is 11.3 Å². The van der Waals surface area contributed by atoms with Crippen LogP contribution in [0.15, 0.2) is 48.5 Å². The Kier molecular flexibility index (Phi) is 8.22. The molecule has 7 nitrogen and oxygen atoms in total. The van der Waals surface area contributed by atoms with Crippen LogP contribution in [0.2, 0.25) is 5.02 Å². The number of hydrogen-bond donors (Lipinski definition) is 0. The topological polar surface area (TPSA) is 62.3 Å². The number of amides is 2. The summed E-state index contributed by atoms with van der Waals surface area (Å²) in [5.41, 5.74) is 1.98. The van der Waals surface area contributed by atoms with Crippen LogP contribution in [0.25, 0.3) is 0 Å². The van der Waals surface area contributed by atoms with E-state index in [1.165, 1.54) is 4.90 Å². The van der Waals surface area contributed by atoms with Gasteiger partial charge in [0.25, 0.3) is 0 Å². The molecule has 0 N–H and O–H groups in total. The van der Waals surface area contributed by atoms with Crippen LogP contribution in [0, 0.1) is 0 Å². The van der Waals surface area contributed by atoms with Crippen LogP contribution in [0.1, 0.15) is 25.5 Å². The highest BCUT2D eigenvalue weighted by Crippen LogP contribution is 2.30. The van der Waals surface area contributed by atoms with Gasteiger partial charge in [-0.25, -0.2) is 4.79 Å². The molecule has 0 bridgehead atoms. The van der Waals surface area contributed by atoms with E-state index < -0.39 is 6.09 Å². The lowest BCUT2D eigenvalue weighted by molar-refractivity contribution is -0.132. The van der Waals surface area contributed by atoms with Crippen molar-refractivity contribution < 1.29 is 19.1 Å². The Balaban J connectivity index is 0.00000141. The number of anilines is 1. The Morgan fingerprint density at radius 1 is 1.09 bits per heavy atom. The number of carbonyl (C=O) groups is 2. The first-order chi connectivity index (χ1) is 15.6. The monoisotopic (exact) mass is 459 g/mol. The minimum atomic E-state index is -0.441. The maximum absolute atomic E-state index is 12.9. The number of halogens is 1. The molecule has 0 aromatic heterocycles. The second kappa shape index (κ2) is 11.1. The van der Waals surface area contributed by atoms with Crippen molar-refractivity contribution in [2.24, 2.45) is 0 Å². The molecule has 1 atom stereocenters. The van der Waals surface area contributed by atoms with Gasteiger partial charge in [0.15, 0.2) is 0 Å². The van der Waals surface area contributed by atoms with E-state index in [0.29, 0.717) is 37.0 Å². The molecule has 1 unspecified atom stereocenters. The zero-order valence-corrected chi connectivity index (χ0v) is 19.5.